The highest BCUT2D eigenvalue weighted by atomic mass is 16.5. The number of likely N-dealkylation sites (N-methyl/N-ethyl adjacent to an activating group) is 1. The SMILES string of the molecule is CCN(CC(=O)NCCN)CC(=O)OC. The molecular formula is C9H19N3O3. The molecule has 0 heterocycles. The molecule has 0 bridgehead atoms. The summed E-state index contributed by atoms with van der Waals surface area (Å²) in [5.41, 5.74) is 5.24. The van der Waals surface area contributed by atoms with E-state index in [0.717, 1.165) is 0 Å². The van der Waals surface area contributed by atoms with E-state index in [1.165, 1.54) is 7.11 Å². The number of amides is 1. The van der Waals surface area contributed by atoms with Gasteiger partial charge in [0.1, 0.15) is 0 Å². The first-order valence-corrected chi connectivity index (χ1v) is 4.90. The van der Waals surface area contributed by atoms with Gasteiger partial charge in [0.05, 0.1) is 20.2 Å². The van der Waals surface area contributed by atoms with Gasteiger partial charge in [-0.15, -0.1) is 0 Å². The third kappa shape index (κ3) is 6.87. The first kappa shape index (κ1) is 13.9. The van der Waals surface area contributed by atoms with E-state index in [4.69, 9.17) is 5.73 Å². The highest BCUT2D eigenvalue weighted by Crippen LogP contribution is 1.88. The molecule has 0 aliphatic carbocycles. The van der Waals surface area contributed by atoms with Crippen molar-refractivity contribution >= 4 is 11.9 Å². The van der Waals surface area contributed by atoms with E-state index in [1.807, 2.05) is 6.92 Å². The smallest absolute Gasteiger partial charge is 0.319 e. The minimum Gasteiger partial charge on any atom is -0.468 e. The summed E-state index contributed by atoms with van der Waals surface area (Å²) in [6.45, 7) is 3.67. The van der Waals surface area contributed by atoms with E-state index in [0.29, 0.717) is 19.6 Å². The lowest BCUT2D eigenvalue weighted by atomic mass is 10.4. The second-order valence-electron chi connectivity index (χ2n) is 3.02. The van der Waals surface area contributed by atoms with Gasteiger partial charge >= 0.3 is 5.97 Å². The number of nitrogens with one attached hydrogen (secondary N) is 1. The van der Waals surface area contributed by atoms with E-state index >= 15 is 0 Å². The Hall–Kier alpha value is -1.14. The third-order valence-electron chi connectivity index (χ3n) is 1.86. The molecule has 0 aromatic rings. The first-order valence-electron chi connectivity index (χ1n) is 4.90. The summed E-state index contributed by atoms with van der Waals surface area (Å²) in [6.07, 6.45) is 0. The number of nitrogens with zero attached hydrogens (tertiary/aromatic N) is 1. The zero-order chi connectivity index (χ0) is 11.7. The third-order valence-corrected chi connectivity index (χ3v) is 1.86. The summed E-state index contributed by atoms with van der Waals surface area (Å²) in [5, 5.41) is 2.63. The maximum absolute atomic E-state index is 11.3. The molecule has 0 atom stereocenters. The van der Waals surface area contributed by atoms with Gasteiger partial charge in [0.25, 0.3) is 0 Å². The van der Waals surface area contributed by atoms with Gasteiger partial charge in [0.15, 0.2) is 0 Å². The molecule has 1 amide bonds. The molecule has 0 spiro atoms. The number of rotatable bonds is 7. The number of ether oxygens (including phenoxy) is 1. The minimum absolute atomic E-state index is 0.128. The van der Waals surface area contributed by atoms with E-state index in [9.17, 15) is 9.59 Å². The Morgan fingerprint density at radius 1 is 1.40 bits per heavy atom. The summed E-state index contributed by atoms with van der Waals surface area (Å²) < 4.78 is 4.51. The van der Waals surface area contributed by atoms with Crippen molar-refractivity contribution in [1.82, 2.24) is 10.2 Å². The zero-order valence-corrected chi connectivity index (χ0v) is 9.28. The van der Waals surface area contributed by atoms with Crippen LogP contribution in [0.25, 0.3) is 0 Å². The average molecular weight is 217 g/mol. The number of carbonyl (C=O) groups is 2. The van der Waals surface area contributed by atoms with Crippen molar-refractivity contribution in [3.63, 3.8) is 0 Å². The molecule has 0 saturated heterocycles. The maximum Gasteiger partial charge on any atom is 0.319 e. The maximum atomic E-state index is 11.3. The van der Waals surface area contributed by atoms with Gasteiger partial charge in [-0.1, -0.05) is 6.92 Å². The van der Waals surface area contributed by atoms with E-state index in [-0.39, 0.29) is 25.0 Å². The zero-order valence-electron chi connectivity index (χ0n) is 9.28. The van der Waals surface area contributed by atoms with Crippen LogP contribution in [0.3, 0.4) is 0 Å². The van der Waals surface area contributed by atoms with Crippen LogP contribution in [0.2, 0.25) is 0 Å². The fourth-order valence-electron chi connectivity index (χ4n) is 0.997. The van der Waals surface area contributed by atoms with Crippen molar-refractivity contribution in [2.24, 2.45) is 5.73 Å². The van der Waals surface area contributed by atoms with Crippen molar-refractivity contribution < 1.29 is 14.3 Å². The molecule has 0 rings (SSSR count). The molecule has 0 saturated carbocycles. The Morgan fingerprint density at radius 2 is 2.07 bits per heavy atom. The Morgan fingerprint density at radius 3 is 2.53 bits per heavy atom. The summed E-state index contributed by atoms with van der Waals surface area (Å²) in [6, 6.07) is 0. The molecule has 3 N–H and O–H groups in total. The molecular weight excluding hydrogens is 198 g/mol. The lowest BCUT2D eigenvalue weighted by Crippen LogP contribution is -2.41. The van der Waals surface area contributed by atoms with Crippen LogP contribution in [-0.2, 0) is 14.3 Å². The largest absolute Gasteiger partial charge is 0.468 e. The van der Waals surface area contributed by atoms with Crippen LogP contribution in [0.4, 0.5) is 0 Å². The molecule has 6 heteroatoms. The molecule has 0 unspecified atom stereocenters. The Kier molecular flexibility index (Phi) is 7.57. The number of carbonyl (C=O) groups excluding carboxylic acids is 2. The standard InChI is InChI=1S/C9H19N3O3/c1-3-12(7-9(14)15-2)6-8(13)11-5-4-10/h3-7,10H2,1-2H3,(H,11,13). The fourth-order valence-corrected chi connectivity index (χ4v) is 0.997. The quantitative estimate of drug-likeness (QED) is 0.510. The highest BCUT2D eigenvalue weighted by molar-refractivity contribution is 5.79. The lowest BCUT2D eigenvalue weighted by Gasteiger charge is -2.17. The summed E-state index contributed by atoms with van der Waals surface area (Å²) in [4.78, 5) is 23.9. The monoisotopic (exact) mass is 217 g/mol. The number of nitrogens with two attached hydrogens (primary N) is 1. The fraction of sp³-hybridized carbons (Fsp3) is 0.778. The summed E-state index contributed by atoms with van der Waals surface area (Å²) in [7, 11) is 1.32. The predicted octanol–water partition coefficient (Wildman–Crippen LogP) is -1.44. The highest BCUT2D eigenvalue weighted by Gasteiger charge is 2.12. The lowest BCUT2D eigenvalue weighted by molar-refractivity contribution is -0.142. The molecule has 6 nitrogen and oxygen atoms in total. The molecule has 0 radical (unpaired) electrons. The number of hydrogen-bond acceptors (Lipinski definition) is 5. The molecule has 15 heavy (non-hydrogen) atoms. The second kappa shape index (κ2) is 8.19. The molecule has 0 aliphatic rings. The van der Waals surface area contributed by atoms with Gasteiger partial charge < -0.3 is 15.8 Å². The van der Waals surface area contributed by atoms with Crippen LogP contribution in [0.15, 0.2) is 0 Å². The Bertz CT molecular complexity index is 209. The topological polar surface area (TPSA) is 84.7 Å². The Labute approximate surface area is 89.7 Å². The first-order chi connectivity index (χ1) is 7.13. The molecule has 0 aromatic carbocycles. The van der Waals surface area contributed by atoms with Gasteiger partial charge in [0, 0.05) is 13.1 Å². The van der Waals surface area contributed by atoms with Crippen LogP contribution in [0.5, 0.6) is 0 Å². The van der Waals surface area contributed by atoms with E-state index in [2.05, 4.69) is 10.1 Å². The van der Waals surface area contributed by atoms with Crippen molar-refractivity contribution in [2.75, 3.05) is 39.8 Å². The molecule has 0 fully saturated rings. The van der Waals surface area contributed by atoms with Gasteiger partial charge in [-0.05, 0) is 6.54 Å². The van der Waals surface area contributed by atoms with Crippen LogP contribution < -0.4 is 11.1 Å². The van der Waals surface area contributed by atoms with Crippen molar-refractivity contribution in [1.29, 1.82) is 0 Å². The normalized spacial score (nSPS) is 10.1. The Balaban J connectivity index is 3.87. The van der Waals surface area contributed by atoms with Crippen molar-refractivity contribution in [2.45, 2.75) is 6.92 Å². The van der Waals surface area contributed by atoms with Crippen molar-refractivity contribution in [3.05, 3.63) is 0 Å². The van der Waals surface area contributed by atoms with E-state index in [1.54, 1.807) is 4.90 Å². The number of methoxy groups -OCH3 is 1. The van der Waals surface area contributed by atoms with Crippen LogP contribution in [0.1, 0.15) is 6.92 Å². The van der Waals surface area contributed by atoms with Gasteiger partial charge in [-0.2, -0.15) is 0 Å². The number of hydrogen-bond donors (Lipinski definition) is 2. The van der Waals surface area contributed by atoms with E-state index < -0.39 is 0 Å². The molecule has 0 aromatic heterocycles. The second-order valence-corrected chi connectivity index (χ2v) is 3.02. The van der Waals surface area contributed by atoms with Gasteiger partial charge in [-0.3, -0.25) is 14.5 Å². The summed E-state index contributed by atoms with van der Waals surface area (Å²) >= 11 is 0. The molecule has 88 valence electrons. The molecule has 0 aliphatic heterocycles. The van der Waals surface area contributed by atoms with Gasteiger partial charge in [-0.25, -0.2) is 0 Å². The summed E-state index contributed by atoms with van der Waals surface area (Å²) in [5.74, 6) is -0.477. The van der Waals surface area contributed by atoms with Crippen LogP contribution in [-0.4, -0.2) is 56.6 Å². The van der Waals surface area contributed by atoms with Gasteiger partial charge in [0.2, 0.25) is 5.91 Å². The number of esters is 1. The predicted molar refractivity (Wildman–Crippen MR) is 56.2 cm³/mol. The minimum atomic E-state index is -0.344. The average Bonchev–Trinajstić information content (AvgIpc) is 2.25. The van der Waals surface area contributed by atoms with Crippen LogP contribution >= 0.6 is 0 Å². The van der Waals surface area contributed by atoms with Crippen LogP contribution in [0, 0.1) is 0 Å². The van der Waals surface area contributed by atoms with Crippen molar-refractivity contribution in [3.8, 4) is 0 Å².